The van der Waals surface area contributed by atoms with Crippen molar-refractivity contribution in [2.45, 2.75) is 0 Å². The second kappa shape index (κ2) is 3.94. The molecule has 0 saturated heterocycles. The summed E-state index contributed by atoms with van der Waals surface area (Å²) in [4.78, 5) is 4.09. The molecule has 78 valence electrons. The molecule has 16 heavy (non-hydrogen) atoms. The Morgan fingerprint density at radius 2 is 2.06 bits per heavy atom. The SMILES string of the molecule is c1ccc(-n2ccnc2)c(-c2ccsc2)c1. The maximum absolute atomic E-state index is 4.09. The Hall–Kier alpha value is -1.87. The van der Waals surface area contributed by atoms with Crippen LogP contribution in [0, 0.1) is 0 Å². The first-order valence-electron chi connectivity index (χ1n) is 5.05. The first-order chi connectivity index (χ1) is 7.95. The summed E-state index contributed by atoms with van der Waals surface area (Å²) >= 11 is 1.72. The van der Waals surface area contributed by atoms with Crippen LogP contribution in [0.25, 0.3) is 16.8 Å². The number of nitrogens with zero attached hydrogens (tertiary/aromatic N) is 2. The van der Waals surface area contributed by atoms with Crippen molar-refractivity contribution in [3.8, 4) is 16.8 Å². The van der Waals surface area contributed by atoms with Crippen LogP contribution in [-0.2, 0) is 0 Å². The molecule has 0 aliphatic rings. The van der Waals surface area contributed by atoms with E-state index in [-0.39, 0.29) is 0 Å². The Labute approximate surface area is 97.8 Å². The fraction of sp³-hybridized carbons (Fsp3) is 0. The molecular formula is C13H10N2S. The summed E-state index contributed by atoms with van der Waals surface area (Å²) in [6.45, 7) is 0. The Morgan fingerprint density at radius 1 is 1.12 bits per heavy atom. The number of hydrogen-bond donors (Lipinski definition) is 0. The molecule has 0 saturated carbocycles. The van der Waals surface area contributed by atoms with Crippen LogP contribution >= 0.6 is 11.3 Å². The molecular weight excluding hydrogens is 216 g/mol. The molecule has 1 aromatic carbocycles. The Balaban J connectivity index is 2.19. The minimum absolute atomic E-state index is 1.17. The number of benzene rings is 1. The topological polar surface area (TPSA) is 17.8 Å². The van der Waals surface area contributed by atoms with E-state index in [2.05, 4.69) is 40.0 Å². The second-order valence-electron chi connectivity index (χ2n) is 3.50. The van der Waals surface area contributed by atoms with Crippen molar-refractivity contribution in [3.05, 3.63) is 59.8 Å². The first-order valence-corrected chi connectivity index (χ1v) is 5.99. The van der Waals surface area contributed by atoms with Gasteiger partial charge in [-0.3, -0.25) is 0 Å². The lowest BCUT2D eigenvalue weighted by Crippen LogP contribution is -1.92. The third-order valence-electron chi connectivity index (χ3n) is 2.52. The number of thiophene rings is 1. The molecule has 0 N–H and O–H groups in total. The standard InChI is InChI=1S/C13H10N2S/c1-2-4-13(15-7-6-14-10-15)12(3-1)11-5-8-16-9-11/h1-10H. The number of rotatable bonds is 2. The van der Waals surface area contributed by atoms with E-state index < -0.39 is 0 Å². The van der Waals surface area contributed by atoms with Gasteiger partial charge in [0.05, 0.1) is 12.0 Å². The fourth-order valence-electron chi connectivity index (χ4n) is 1.76. The molecule has 0 amide bonds. The molecule has 0 aliphatic carbocycles. The molecule has 0 fully saturated rings. The predicted molar refractivity (Wildman–Crippen MR) is 66.9 cm³/mol. The van der Waals surface area contributed by atoms with Gasteiger partial charge in [0.15, 0.2) is 0 Å². The zero-order valence-electron chi connectivity index (χ0n) is 8.58. The zero-order chi connectivity index (χ0) is 10.8. The molecule has 0 radical (unpaired) electrons. The zero-order valence-corrected chi connectivity index (χ0v) is 9.39. The van der Waals surface area contributed by atoms with E-state index in [1.807, 2.05) is 23.2 Å². The van der Waals surface area contributed by atoms with Crippen LogP contribution in [0.15, 0.2) is 59.8 Å². The van der Waals surface area contributed by atoms with Gasteiger partial charge in [0, 0.05) is 18.0 Å². The van der Waals surface area contributed by atoms with Crippen molar-refractivity contribution in [1.29, 1.82) is 0 Å². The van der Waals surface area contributed by atoms with Crippen molar-refractivity contribution in [2.24, 2.45) is 0 Å². The van der Waals surface area contributed by atoms with Crippen molar-refractivity contribution >= 4 is 11.3 Å². The number of para-hydroxylation sites is 1. The van der Waals surface area contributed by atoms with Crippen molar-refractivity contribution < 1.29 is 0 Å². The van der Waals surface area contributed by atoms with Gasteiger partial charge in [0.1, 0.15) is 0 Å². The lowest BCUT2D eigenvalue weighted by Gasteiger charge is -2.08. The monoisotopic (exact) mass is 226 g/mol. The summed E-state index contributed by atoms with van der Waals surface area (Å²) in [5.41, 5.74) is 3.66. The van der Waals surface area contributed by atoms with E-state index in [4.69, 9.17) is 0 Å². The minimum Gasteiger partial charge on any atom is -0.306 e. The molecule has 2 heterocycles. The van der Waals surface area contributed by atoms with Crippen LogP contribution in [0.1, 0.15) is 0 Å². The third kappa shape index (κ3) is 1.55. The van der Waals surface area contributed by atoms with Gasteiger partial charge in [0.2, 0.25) is 0 Å². The number of hydrogen-bond acceptors (Lipinski definition) is 2. The molecule has 0 bridgehead atoms. The molecule has 3 heteroatoms. The van der Waals surface area contributed by atoms with Crippen LogP contribution < -0.4 is 0 Å². The van der Waals surface area contributed by atoms with Gasteiger partial charge in [-0.1, -0.05) is 18.2 Å². The highest BCUT2D eigenvalue weighted by molar-refractivity contribution is 7.08. The number of imidazole rings is 1. The lowest BCUT2D eigenvalue weighted by molar-refractivity contribution is 1.06. The van der Waals surface area contributed by atoms with Crippen LogP contribution in [0.4, 0.5) is 0 Å². The summed E-state index contributed by atoms with van der Waals surface area (Å²) in [6, 6.07) is 10.5. The van der Waals surface area contributed by atoms with Gasteiger partial charge in [-0.05, 0) is 28.5 Å². The largest absolute Gasteiger partial charge is 0.306 e. The van der Waals surface area contributed by atoms with Gasteiger partial charge in [-0.2, -0.15) is 11.3 Å². The van der Waals surface area contributed by atoms with E-state index in [1.54, 1.807) is 17.5 Å². The number of aromatic nitrogens is 2. The molecule has 2 aromatic heterocycles. The van der Waals surface area contributed by atoms with E-state index >= 15 is 0 Å². The molecule has 0 atom stereocenters. The second-order valence-corrected chi connectivity index (χ2v) is 4.28. The summed E-state index contributed by atoms with van der Waals surface area (Å²) in [5.74, 6) is 0. The summed E-state index contributed by atoms with van der Waals surface area (Å²) < 4.78 is 2.03. The molecule has 3 rings (SSSR count). The maximum atomic E-state index is 4.09. The summed E-state index contributed by atoms with van der Waals surface area (Å²) in [6.07, 6.45) is 5.58. The summed E-state index contributed by atoms with van der Waals surface area (Å²) in [7, 11) is 0. The van der Waals surface area contributed by atoms with Gasteiger partial charge in [-0.15, -0.1) is 0 Å². The third-order valence-corrected chi connectivity index (χ3v) is 3.20. The Bertz CT molecular complexity index is 515. The van der Waals surface area contributed by atoms with Gasteiger partial charge >= 0.3 is 0 Å². The fourth-order valence-corrected chi connectivity index (χ4v) is 2.42. The van der Waals surface area contributed by atoms with Crippen molar-refractivity contribution in [2.75, 3.05) is 0 Å². The highest BCUT2D eigenvalue weighted by atomic mass is 32.1. The van der Waals surface area contributed by atoms with Crippen LogP contribution in [0.5, 0.6) is 0 Å². The van der Waals surface area contributed by atoms with E-state index in [0.29, 0.717) is 0 Å². The van der Waals surface area contributed by atoms with E-state index in [0.717, 1.165) is 0 Å². The van der Waals surface area contributed by atoms with Crippen LogP contribution in [0.3, 0.4) is 0 Å². The van der Waals surface area contributed by atoms with Gasteiger partial charge in [-0.25, -0.2) is 4.98 Å². The van der Waals surface area contributed by atoms with Crippen LogP contribution in [0.2, 0.25) is 0 Å². The smallest absolute Gasteiger partial charge is 0.0991 e. The molecule has 3 aromatic rings. The minimum atomic E-state index is 1.17. The van der Waals surface area contributed by atoms with Gasteiger partial charge in [0.25, 0.3) is 0 Å². The Kier molecular flexibility index (Phi) is 2.31. The average molecular weight is 226 g/mol. The normalized spacial score (nSPS) is 10.5. The quantitative estimate of drug-likeness (QED) is 0.652. The van der Waals surface area contributed by atoms with Crippen molar-refractivity contribution in [1.82, 2.24) is 9.55 Å². The molecule has 2 nitrogen and oxygen atoms in total. The van der Waals surface area contributed by atoms with Gasteiger partial charge < -0.3 is 4.57 Å². The van der Waals surface area contributed by atoms with E-state index in [1.165, 1.54) is 16.8 Å². The molecule has 0 spiro atoms. The Morgan fingerprint density at radius 3 is 2.81 bits per heavy atom. The maximum Gasteiger partial charge on any atom is 0.0991 e. The highest BCUT2D eigenvalue weighted by Crippen LogP contribution is 2.27. The molecule has 0 unspecified atom stereocenters. The first kappa shape index (κ1) is 9.36. The van der Waals surface area contributed by atoms with E-state index in [9.17, 15) is 0 Å². The highest BCUT2D eigenvalue weighted by Gasteiger charge is 2.05. The van der Waals surface area contributed by atoms with Crippen molar-refractivity contribution in [3.63, 3.8) is 0 Å². The average Bonchev–Trinajstić information content (AvgIpc) is 3.03. The lowest BCUT2D eigenvalue weighted by atomic mass is 10.1. The van der Waals surface area contributed by atoms with Crippen LogP contribution in [-0.4, -0.2) is 9.55 Å². The molecule has 0 aliphatic heterocycles. The summed E-state index contributed by atoms with van der Waals surface area (Å²) in [5, 5.41) is 4.26. The predicted octanol–water partition coefficient (Wildman–Crippen LogP) is 3.60.